The van der Waals surface area contributed by atoms with E-state index in [-0.39, 0.29) is 6.04 Å². The summed E-state index contributed by atoms with van der Waals surface area (Å²) in [6.45, 7) is 4.49. The zero-order chi connectivity index (χ0) is 12.3. The Labute approximate surface area is 108 Å². The summed E-state index contributed by atoms with van der Waals surface area (Å²) in [5.41, 5.74) is 0. The fourth-order valence-corrected chi connectivity index (χ4v) is 1.89. The Bertz CT molecular complexity index is 481. The molecule has 1 atom stereocenters. The standard InChI is InChI=1S/C11H14BrN3O2/c1-3-9(11-14-7(2)17-15-11)13-6-8-4-5-10(12)16-8/h4-5,9,13H,3,6H2,1-2H3/t9-/m0/s1. The van der Waals surface area contributed by atoms with Gasteiger partial charge in [-0.1, -0.05) is 12.1 Å². The van der Waals surface area contributed by atoms with Crippen molar-refractivity contribution in [1.29, 1.82) is 0 Å². The van der Waals surface area contributed by atoms with Crippen LogP contribution in [0.1, 0.15) is 36.9 Å². The van der Waals surface area contributed by atoms with Crippen LogP contribution in [0.15, 0.2) is 25.7 Å². The summed E-state index contributed by atoms with van der Waals surface area (Å²) in [7, 11) is 0. The summed E-state index contributed by atoms with van der Waals surface area (Å²) in [5, 5.41) is 7.25. The molecule has 0 spiro atoms. The van der Waals surface area contributed by atoms with E-state index in [0.717, 1.165) is 16.9 Å². The topological polar surface area (TPSA) is 64.1 Å². The molecule has 6 heteroatoms. The highest BCUT2D eigenvalue weighted by atomic mass is 79.9. The molecule has 0 bridgehead atoms. The number of furan rings is 1. The van der Waals surface area contributed by atoms with Crippen LogP contribution in [0.25, 0.3) is 0 Å². The number of aromatic nitrogens is 2. The number of hydrogen-bond donors (Lipinski definition) is 1. The van der Waals surface area contributed by atoms with E-state index >= 15 is 0 Å². The van der Waals surface area contributed by atoms with Crippen molar-refractivity contribution in [3.05, 3.63) is 34.3 Å². The van der Waals surface area contributed by atoms with E-state index < -0.39 is 0 Å². The molecule has 0 aliphatic rings. The average Bonchev–Trinajstić information content (AvgIpc) is 2.89. The Balaban J connectivity index is 1.96. The van der Waals surface area contributed by atoms with Gasteiger partial charge in [0.15, 0.2) is 10.5 Å². The van der Waals surface area contributed by atoms with Crippen molar-refractivity contribution in [3.63, 3.8) is 0 Å². The van der Waals surface area contributed by atoms with Crippen LogP contribution in [0.3, 0.4) is 0 Å². The maximum atomic E-state index is 5.41. The van der Waals surface area contributed by atoms with Gasteiger partial charge in [0, 0.05) is 6.92 Å². The quantitative estimate of drug-likeness (QED) is 0.919. The Hall–Kier alpha value is -1.14. The van der Waals surface area contributed by atoms with Gasteiger partial charge in [0.25, 0.3) is 0 Å². The van der Waals surface area contributed by atoms with Crippen LogP contribution in [0.2, 0.25) is 0 Å². The van der Waals surface area contributed by atoms with Crippen LogP contribution < -0.4 is 5.32 Å². The molecule has 2 aromatic rings. The Morgan fingerprint density at radius 2 is 2.29 bits per heavy atom. The first kappa shape index (κ1) is 12.3. The van der Waals surface area contributed by atoms with Gasteiger partial charge in [-0.25, -0.2) is 0 Å². The van der Waals surface area contributed by atoms with Crippen LogP contribution in [-0.2, 0) is 6.54 Å². The predicted octanol–water partition coefficient (Wildman–Crippen LogP) is 2.97. The lowest BCUT2D eigenvalue weighted by molar-refractivity contribution is 0.369. The van der Waals surface area contributed by atoms with Crippen molar-refractivity contribution in [2.45, 2.75) is 32.9 Å². The van der Waals surface area contributed by atoms with Crippen LogP contribution >= 0.6 is 15.9 Å². The van der Waals surface area contributed by atoms with Gasteiger partial charge in [0.2, 0.25) is 5.89 Å². The first-order valence-electron chi connectivity index (χ1n) is 5.47. The maximum absolute atomic E-state index is 5.41. The molecule has 2 heterocycles. The van der Waals surface area contributed by atoms with Crippen molar-refractivity contribution in [2.24, 2.45) is 0 Å². The van der Waals surface area contributed by atoms with E-state index in [0.29, 0.717) is 18.3 Å². The van der Waals surface area contributed by atoms with Crippen LogP contribution in [0, 0.1) is 6.92 Å². The second-order valence-electron chi connectivity index (χ2n) is 3.72. The van der Waals surface area contributed by atoms with Crippen molar-refractivity contribution in [2.75, 3.05) is 0 Å². The largest absolute Gasteiger partial charge is 0.453 e. The molecule has 0 aliphatic carbocycles. The van der Waals surface area contributed by atoms with Crippen molar-refractivity contribution < 1.29 is 8.94 Å². The number of nitrogens with zero attached hydrogens (tertiary/aromatic N) is 2. The van der Waals surface area contributed by atoms with Gasteiger partial charge >= 0.3 is 0 Å². The first-order valence-corrected chi connectivity index (χ1v) is 6.26. The van der Waals surface area contributed by atoms with Crippen LogP contribution in [-0.4, -0.2) is 10.1 Å². The predicted molar refractivity (Wildman–Crippen MR) is 65.3 cm³/mol. The third-order valence-corrected chi connectivity index (χ3v) is 2.84. The molecule has 0 saturated heterocycles. The van der Waals surface area contributed by atoms with E-state index in [4.69, 9.17) is 8.94 Å². The number of halogens is 1. The van der Waals surface area contributed by atoms with Gasteiger partial charge < -0.3 is 14.3 Å². The van der Waals surface area contributed by atoms with Crippen molar-refractivity contribution in [3.8, 4) is 0 Å². The summed E-state index contributed by atoms with van der Waals surface area (Å²) >= 11 is 3.27. The molecule has 5 nitrogen and oxygen atoms in total. The second-order valence-corrected chi connectivity index (χ2v) is 4.50. The zero-order valence-electron chi connectivity index (χ0n) is 9.74. The van der Waals surface area contributed by atoms with Gasteiger partial charge in [0.1, 0.15) is 5.76 Å². The number of aryl methyl sites for hydroxylation is 1. The second kappa shape index (κ2) is 5.46. The van der Waals surface area contributed by atoms with Crippen LogP contribution in [0.4, 0.5) is 0 Å². The summed E-state index contributed by atoms with van der Waals surface area (Å²) in [4.78, 5) is 4.22. The minimum Gasteiger partial charge on any atom is -0.453 e. The lowest BCUT2D eigenvalue weighted by atomic mass is 10.2. The molecular weight excluding hydrogens is 286 g/mol. The summed E-state index contributed by atoms with van der Waals surface area (Å²) < 4.78 is 11.1. The Morgan fingerprint density at radius 1 is 1.47 bits per heavy atom. The van der Waals surface area contributed by atoms with E-state index in [1.54, 1.807) is 6.92 Å². The Morgan fingerprint density at radius 3 is 2.82 bits per heavy atom. The van der Waals surface area contributed by atoms with E-state index in [9.17, 15) is 0 Å². The van der Waals surface area contributed by atoms with Gasteiger partial charge in [-0.2, -0.15) is 4.98 Å². The molecule has 17 heavy (non-hydrogen) atoms. The van der Waals surface area contributed by atoms with Crippen molar-refractivity contribution in [1.82, 2.24) is 15.5 Å². The molecule has 0 fully saturated rings. The molecule has 0 amide bonds. The third-order valence-electron chi connectivity index (χ3n) is 2.41. The highest BCUT2D eigenvalue weighted by Gasteiger charge is 2.15. The molecule has 2 aromatic heterocycles. The van der Waals surface area contributed by atoms with E-state index in [1.165, 1.54) is 0 Å². The molecule has 92 valence electrons. The van der Waals surface area contributed by atoms with E-state index in [2.05, 4.69) is 38.3 Å². The smallest absolute Gasteiger partial charge is 0.223 e. The molecule has 2 rings (SSSR count). The highest BCUT2D eigenvalue weighted by Crippen LogP contribution is 2.17. The summed E-state index contributed by atoms with van der Waals surface area (Å²) in [6, 6.07) is 3.87. The monoisotopic (exact) mass is 299 g/mol. The van der Waals surface area contributed by atoms with Gasteiger partial charge in [-0.15, -0.1) is 0 Å². The zero-order valence-corrected chi connectivity index (χ0v) is 11.3. The molecule has 0 aromatic carbocycles. The molecule has 1 N–H and O–H groups in total. The molecular formula is C11H14BrN3O2. The number of hydrogen-bond acceptors (Lipinski definition) is 5. The third kappa shape index (κ3) is 3.17. The SMILES string of the molecule is CC[C@H](NCc1ccc(Br)o1)c1noc(C)n1. The first-order chi connectivity index (χ1) is 8.19. The van der Waals surface area contributed by atoms with Gasteiger partial charge in [-0.3, -0.25) is 0 Å². The lowest BCUT2D eigenvalue weighted by Crippen LogP contribution is -2.21. The summed E-state index contributed by atoms with van der Waals surface area (Å²) in [6.07, 6.45) is 0.890. The number of rotatable bonds is 5. The summed E-state index contributed by atoms with van der Waals surface area (Å²) in [5.74, 6) is 2.15. The minimum atomic E-state index is 0.0799. The Kier molecular flexibility index (Phi) is 3.96. The average molecular weight is 300 g/mol. The lowest BCUT2D eigenvalue weighted by Gasteiger charge is -2.11. The van der Waals surface area contributed by atoms with Crippen molar-refractivity contribution >= 4 is 15.9 Å². The molecule has 0 saturated carbocycles. The van der Waals surface area contributed by atoms with Crippen LogP contribution in [0.5, 0.6) is 0 Å². The van der Waals surface area contributed by atoms with Gasteiger partial charge in [0.05, 0.1) is 12.6 Å². The molecule has 0 radical (unpaired) electrons. The molecule has 0 aliphatic heterocycles. The maximum Gasteiger partial charge on any atom is 0.223 e. The normalized spacial score (nSPS) is 12.9. The minimum absolute atomic E-state index is 0.0799. The fourth-order valence-electron chi connectivity index (χ4n) is 1.55. The van der Waals surface area contributed by atoms with E-state index in [1.807, 2.05) is 12.1 Å². The van der Waals surface area contributed by atoms with Gasteiger partial charge in [-0.05, 0) is 34.5 Å². The highest BCUT2D eigenvalue weighted by molar-refractivity contribution is 9.10. The number of nitrogens with one attached hydrogen (secondary N) is 1. The fraction of sp³-hybridized carbons (Fsp3) is 0.455. The molecule has 0 unspecified atom stereocenters.